The van der Waals surface area contributed by atoms with Crippen molar-refractivity contribution in [3.05, 3.63) is 12.2 Å². The van der Waals surface area contributed by atoms with Gasteiger partial charge in [-0.05, 0) is 6.92 Å². The van der Waals surface area contributed by atoms with Crippen LogP contribution in [0.4, 0.5) is 0 Å². The molecule has 0 aromatic rings. The predicted octanol–water partition coefficient (Wildman–Crippen LogP) is -1.19. The van der Waals surface area contributed by atoms with Gasteiger partial charge in [0.15, 0.2) is 5.60 Å². The number of ether oxygens (including phenoxy) is 1. The fraction of sp³-hybridized carbons (Fsp3) is 0.636. The SMILES string of the molecule is C/C=C/C(=O)O[C@@H]1C[C@](O)(C(=O)O)C[C@@H](O)[C@H]1O. The number of rotatable bonds is 3. The van der Waals surface area contributed by atoms with E-state index < -0.39 is 48.7 Å². The summed E-state index contributed by atoms with van der Waals surface area (Å²) in [6, 6.07) is 0. The Morgan fingerprint density at radius 3 is 2.44 bits per heavy atom. The van der Waals surface area contributed by atoms with Gasteiger partial charge in [-0.1, -0.05) is 6.08 Å². The largest absolute Gasteiger partial charge is 0.479 e. The molecular weight excluding hydrogens is 244 g/mol. The first kappa shape index (κ1) is 14.6. The Hall–Kier alpha value is -1.44. The van der Waals surface area contributed by atoms with Gasteiger partial charge in [-0.25, -0.2) is 9.59 Å². The summed E-state index contributed by atoms with van der Waals surface area (Å²) in [5.41, 5.74) is -2.21. The summed E-state index contributed by atoms with van der Waals surface area (Å²) in [5.74, 6) is -2.30. The van der Waals surface area contributed by atoms with E-state index in [1.165, 1.54) is 6.08 Å². The van der Waals surface area contributed by atoms with Crippen molar-refractivity contribution in [2.24, 2.45) is 0 Å². The van der Waals surface area contributed by atoms with E-state index in [9.17, 15) is 24.9 Å². The average Bonchev–Trinajstić information content (AvgIpc) is 2.25. The molecule has 0 aromatic carbocycles. The molecule has 1 aliphatic carbocycles. The number of aliphatic hydroxyl groups excluding tert-OH is 2. The van der Waals surface area contributed by atoms with Crippen LogP contribution in [-0.2, 0) is 14.3 Å². The Kier molecular flexibility index (Phi) is 4.44. The lowest BCUT2D eigenvalue weighted by Gasteiger charge is -2.39. The number of allylic oxidation sites excluding steroid dienone is 1. The predicted molar refractivity (Wildman–Crippen MR) is 58.5 cm³/mol. The molecule has 102 valence electrons. The van der Waals surface area contributed by atoms with Crippen LogP contribution in [0.2, 0.25) is 0 Å². The highest BCUT2D eigenvalue weighted by Crippen LogP contribution is 2.31. The van der Waals surface area contributed by atoms with Crippen LogP contribution in [0.3, 0.4) is 0 Å². The van der Waals surface area contributed by atoms with Gasteiger partial charge in [0.05, 0.1) is 6.10 Å². The zero-order valence-electron chi connectivity index (χ0n) is 9.81. The monoisotopic (exact) mass is 260 g/mol. The molecule has 7 heteroatoms. The molecule has 0 heterocycles. The second-order valence-electron chi connectivity index (χ2n) is 4.28. The van der Waals surface area contributed by atoms with Crippen molar-refractivity contribution in [2.75, 3.05) is 0 Å². The lowest BCUT2D eigenvalue weighted by Crippen LogP contribution is -2.57. The number of aliphatic hydroxyl groups is 3. The molecule has 18 heavy (non-hydrogen) atoms. The van der Waals surface area contributed by atoms with Crippen molar-refractivity contribution < 1.29 is 34.8 Å². The van der Waals surface area contributed by atoms with E-state index in [1.54, 1.807) is 6.92 Å². The topological polar surface area (TPSA) is 124 Å². The molecule has 1 saturated carbocycles. The van der Waals surface area contributed by atoms with Gasteiger partial charge in [0.1, 0.15) is 12.2 Å². The molecule has 4 N–H and O–H groups in total. The number of aliphatic carboxylic acids is 1. The molecule has 0 bridgehead atoms. The maximum Gasteiger partial charge on any atom is 0.335 e. The summed E-state index contributed by atoms with van der Waals surface area (Å²) in [6.07, 6.45) is -2.63. The van der Waals surface area contributed by atoms with Gasteiger partial charge in [0.25, 0.3) is 0 Å². The molecule has 0 aliphatic heterocycles. The van der Waals surface area contributed by atoms with Crippen LogP contribution in [0.15, 0.2) is 12.2 Å². The third-order valence-corrected chi connectivity index (χ3v) is 2.83. The molecule has 1 fully saturated rings. The second kappa shape index (κ2) is 5.47. The summed E-state index contributed by atoms with van der Waals surface area (Å²) in [5, 5.41) is 37.7. The van der Waals surface area contributed by atoms with Crippen LogP contribution >= 0.6 is 0 Å². The molecule has 4 atom stereocenters. The molecular formula is C11H16O7. The van der Waals surface area contributed by atoms with Crippen LogP contribution in [0.5, 0.6) is 0 Å². The first-order chi connectivity index (χ1) is 8.30. The minimum atomic E-state index is -2.21. The summed E-state index contributed by atoms with van der Waals surface area (Å²) in [4.78, 5) is 22.1. The molecule has 0 radical (unpaired) electrons. The molecule has 0 amide bonds. The van der Waals surface area contributed by atoms with Gasteiger partial charge in [-0.15, -0.1) is 0 Å². The minimum Gasteiger partial charge on any atom is -0.479 e. The molecule has 0 unspecified atom stereocenters. The fourth-order valence-electron chi connectivity index (χ4n) is 1.86. The van der Waals surface area contributed by atoms with Gasteiger partial charge in [0.2, 0.25) is 0 Å². The highest BCUT2D eigenvalue weighted by Gasteiger charge is 2.50. The maximum absolute atomic E-state index is 11.2. The van der Waals surface area contributed by atoms with E-state index in [-0.39, 0.29) is 0 Å². The van der Waals surface area contributed by atoms with Crippen molar-refractivity contribution in [2.45, 2.75) is 43.7 Å². The minimum absolute atomic E-state index is 0.468. The second-order valence-corrected chi connectivity index (χ2v) is 4.28. The number of carboxylic acid groups (broad SMARTS) is 1. The zero-order chi connectivity index (χ0) is 13.9. The van der Waals surface area contributed by atoms with Crippen LogP contribution in [0.1, 0.15) is 19.8 Å². The van der Waals surface area contributed by atoms with Crippen LogP contribution in [0, 0.1) is 0 Å². The summed E-state index contributed by atoms with van der Waals surface area (Å²) in [6.45, 7) is 1.58. The Morgan fingerprint density at radius 1 is 1.33 bits per heavy atom. The van der Waals surface area contributed by atoms with Gasteiger partial charge >= 0.3 is 11.9 Å². The standard InChI is InChI=1S/C11H16O7/c1-2-3-8(13)18-7-5-11(17,10(15)16)4-6(12)9(7)14/h2-3,6-7,9,12,14,17H,4-5H2,1H3,(H,15,16)/b3-2+/t6-,7-,9-,11+/m1/s1. The van der Waals surface area contributed by atoms with E-state index in [2.05, 4.69) is 0 Å². The molecule has 0 aromatic heterocycles. The van der Waals surface area contributed by atoms with Crippen molar-refractivity contribution in [1.29, 1.82) is 0 Å². The first-order valence-electron chi connectivity index (χ1n) is 5.45. The summed E-state index contributed by atoms with van der Waals surface area (Å²) in [7, 11) is 0. The first-order valence-corrected chi connectivity index (χ1v) is 5.45. The van der Waals surface area contributed by atoms with Crippen LogP contribution in [0.25, 0.3) is 0 Å². The number of hydrogen-bond acceptors (Lipinski definition) is 6. The van der Waals surface area contributed by atoms with Gasteiger partial charge in [-0.2, -0.15) is 0 Å². The Bertz CT molecular complexity index is 364. The highest BCUT2D eigenvalue weighted by atomic mass is 16.6. The number of carboxylic acids is 1. The van der Waals surface area contributed by atoms with E-state index in [1.807, 2.05) is 0 Å². The Balaban J connectivity index is 2.82. The number of hydrogen-bond donors (Lipinski definition) is 4. The quantitative estimate of drug-likeness (QED) is 0.371. The third kappa shape index (κ3) is 3.06. The Labute approximate surface area is 103 Å². The van der Waals surface area contributed by atoms with Gasteiger partial charge < -0.3 is 25.2 Å². The summed E-state index contributed by atoms with van der Waals surface area (Å²) < 4.78 is 4.80. The van der Waals surface area contributed by atoms with E-state index >= 15 is 0 Å². The average molecular weight is 260 g/mol. The van der Waals surface area contributed by atoms with E-state index in [0.717, 1.165) is 6.08 Å². The van der Waals surface area contributed by atoms with Crippen molar-refractivity contribution in [1.82, 2.24) is 0 Å². The van der Waals surface area contributed by atoms with Crippen molar-refractivity contribution in [3.63, 3.8) is 0 Å². The van der Waals surface area contributed by atoms with E-state index in [4.69, 9.17) is 9.84 Å². The number of carbonyl (C=O) groups is 2. The normalized spacial score (nSPS) is 36.6. The lowest BCUT2D eigenvalue weighted by atomic mass is 9.79. The molecule has 1 rings (SSSR count). The molecule has 0 saturated heterocycles. The van der Waals surface area contributed by atoms with Crippen LogP contribution in [-0.4, -0.2) is 56.3 Å². The van der Waals surface area contributed by atoms with Crippen molar-refractivity contribution >= 4 is 11.9 Å². The zero-order valence-corrected chi connectivity index (χ0v) is 9.81. The maximum atomic E-state index is 11.2. The molecule has 1 aliphatic rings. The summed E-state index contributed by atoms with van der Waals surface area (Å²) >= 11 is 0. The smallest absolute Gasteiger partial charge is 0.335 e. The van der Waals surface area contributed by atoms with E-state index in [0.29, 0.717) is 0 Å². The Morgan fingerprint density at radius 2 is 1.94 bits per heavy atom. The van der Waals surface area contributed by atoms with Gasteiger partial charge in [0, 0.05) is 18.9 Å². The van der Waals surface area contributed by atoms with Gasteiger partial charge in [-0.3, -0.25) is 0 Å². The number of carbonyl (C=O) groups excluding carboxylic acids is 1. The van der Waals surface area contributed by atoms with Crippen LogP contribution < -0.4 is 0 Å². The third-order valence-electron chi connectivity index (χ3n) is 2.83. The highest BCUT2D eigenvalue weighted by molar-refractivity contribution is 5.82. The van der Waals surface area contributed by atoms with Crippen molar-refractivity contribution in [3.8, 4) is 0 Å². The number of esters is 1. The lowest BCUT2D eigenvalue weighted by molar-refractivity contribution is -0.196. The molecule has 0 spiro atoms. The fourth-order valence-corrected chi connectivity index (χ4v) is 1.86. The molecule has 7 nitrogen and oxygen atoms in total.